The van der Waals surface area contributed by atoms with E-state index >= 15 is 0 Å². The number of nitrogens with zero attached hydrogens (tertiary/aromatic N) is 2. The molecule has 26 heavy (non-hydrogen) atoms. The van der Waals surface area contributed by atoms with Gasteiger partial charge < -0.3 is 9.84 Å². The molecule has 4 nitrogen and oxygen atoms in total. The maximum Gasteiger partial charge on any atom is 0.119 e. The lowest BCUT2D eigenvalue weighted by atomic mass is 10.2. The Bertz CT molecular complexity index is 688. The molecule has 0 spiro atoms. The van der Waals surface area contributed by atoms with E-state index in [9.17, 15) is 5.11 Å². The molecule has 1 heterocycles. The Morgan fingerprint density at radius 1 is 1.04 bits per heavy atom. The van der Waals surface area contributed by atoms with Crippen LogP contribution in [0.3, 0.4) is 0 Å². The van der Waals surface area contributed by atoms with Crippen LogP contribution in [0.2, 0.25) is 5.02 Å². The molecule has 2 aromatic rings. The third-order valence-electron chi connectivity index (χ3n) is 4.75. The standard InChI is InChI=1S/C21H27ClN2O2/c1-17-13-20(7-8-21(17)22)26-16-19(25)15-24-11-9-23(10-12-24)14-18-5-3-2-4-6-18/h2-8,13,19,25H,9-12,14-16H2,1H3. The first-order valence-corrected chi connectivity index (χ1v) is 9.53. The number of β-amino-alcohol motifs (C(OH)–C–C–N with tert-alkyl or cyclic N) is 1. The van der Waals surface area contributed by atoms with Crippen molar-refractivity contribution < 1.29 is 9.84 Å². The summed E-state index contributed by atoms with van der Waals surface area (Å²) in [6.07, 6.45) is -0.494. The molecule has 0 aromatic heterocycles. The number of hydrogen-bond acceptors (Lipinski definition) is 4. The zero-order valence-corrected chi connectivity index (χ0v) is 16.0. The van der Waals surface area contributed by atoms with Gasteiger partial charge in [-0.3, -0.25) is 9.80 Å². The summed E-state index contributed by atoms with van der Waals surface area (Å²) in [5.74, 6) is 0.749. The summed E-state index contributed by atoms with van der Waals surface area (Å²) >= 11 is 6.02. The van der Waals surface area contributed by atoms with E-state index in [1.807, 2.05) is 25.1 Å². The van der Waals surface area contributed by atoms with Crippen LogP contribution in [0.5, 0.6) is 5.75 Å². The van der Waals surface area contributed by atoms with Crippen LogP contribution in [0.15, 0.2) is 48.5 Å². The highest BCUT2D eigenvalue weighted by Gasteiger charge is 2.19. The molecule has 3 rings (SSSR count). The second-order valence-corrected chi connectivity index (χ2v) is 7.35. The van der Waals surface area contributed by atoms with Gasteiger partial charge in [0.05, 0.1) is 0 Å². The molecule has 0 saturated carbocycles. The van der Waals surface area contributed by atoms with Crippen LogP contribution in [-0.2, 0) is 6.54 Å². The summed E-state index contributed by atoms with van der Waals surface area (Å²) in [5.41, 5.74) is 2.33. The molecule has 0 amide bonds. The Morgan fingerprint density at radius 3 is 2.42 bits per heavy atom. The van der Waals surface area contributed by atoms with E-state index in [4.69, 9.17) is 16.3 Å². The Balaban J connectivity index is 1.37. The normalized spacial score (nSPS) is 17.2. The molecular formula is C21H27ClN2O2. The molecular weight excluding hydrogens is 348 g/mol. The Labute approximate surface area is 160 Å². The second-order valence-electron chi connectivity index (χ2n) is 6.94. The number of ether oxygens (including phenoxy) is 1. The van der Waals surface area contributed by atoms with Gasteiger partial charge >= 0.3 is 0 Å². The van der Waals surface area contributed by atoms with Gasteiger partial charge in [-0.15, -0.1) is 0 Å². The van der Waals surface area contributed by atoms with Gasteiger partial charge in [-0.1, -0.05) is 41.9 Å². The summed E-state index contributed by atoms with van der Waals surface area (Å²) in [7, 11) is 0. The zero-order valence-electron chi connectivity index (χ0n) is 15.3. The van der Waals surface area contributed by atoms with Gasteiger partial charge in [-0.2, -0.15) is 0 Å². The SMILES string of the molecule is Cc1cc(OCC(O)CN2CCN(Cc3ccccc3)CC2)ccc1Cl. The smallest absolute Gasteiger partial charge is 0.119 e. The molecule has 1 N–H and O–H groups in total. The fraction of sp³-hybridized carbons (Fsp3) is 0.429. The highest BCUT2D eigenvalue weighted by molar-refractivity contribution is 6.31. The number of halogens is 1. The topological polar surface area (TPSA) is 35.9 Å². The van der Waals surface area contributed by atoms with Crippen molar-refractivity contribution in [2.45, 2.75) is 19.6 Å². The summed E-state index contributed by atoms with van der Waals surface area (Å²) in [4.78, 5) is 4.77. The van der Waals surface area contributed by atoms with Crippen LogP contribution in [0.1, 0.15) is 11.1 Å². The monoisotopic (exact) mass is 374 g/mol. The minimum atomic E-state index is -0.494. The molecule has 140 valence electrons. The van der Waals surface area contributed by atoms with Crippen LogP contribution < -0.4 is 4.74 Å². The van der Waals surface area contributed by atoms with E-state index in [-0.39, 0.29) is 0 Å². The lowest BCUT2D eigenvalue weighted by molar-refractivity contribution is 0.0446. The van der Waals surface area contributed by atoms with Gasteiger partial charge in [-0.05, 0) is 36.2 Å². The average molecular weight is 375 g/mol. The summed E-state index contributed by atoms with van der Waals surface area (Å²) < 4.78 is 5.70. The maximum atomic E-state index is 10.3. The molecule has 2 aromatic carbocycles. The number of rotatable bonds is 7. The molecule has 5 heteroatoms. The molecule has 1 fully saturated rings. The van der Waals surface area contributed by atoms with Crippen LogP contribution >= 0.6 is 11.6 Å². The first-order chi connectivity index (χ1) is 12.6. The number of piperazine rings is 1. The van der Waals surface area contributed by atoms with E-state index in [1.165, 1.54) is 5.56 Å². The highest BCUT2D eigenvalue weighted by atomic mass is 35.5. The Morgan fingerprint density at radius 2 is 1.73 bits per heavy atom. The first kappa shape index (κ1) is 19.2. The first-order valence-electron chi connectivity index (χ1n) is 9.16. The van der Waals surface area contributed by atoms with Gasteiger partial charge in [0.1, 0.15) is 18.5 Å². The van der Waals surface area contributed by atoms with E-state index in [0.717, 1.165) is 49.1 Å². The van der Waals surface area contributed by atoms with Gasteiger partial charge in [0.15, 0.2) is 0 Å². The van der Waals surface area contributed by atoms with E-state index in [2.05, 4.69) is 40.1 Å². The number of aliphatic hydroxyl groups is 1. The largest absolute Gasteiger partial charge is 0.491 e. The van der Waals surface area contributed by atoms with Crippen molar-refractivity contribution in [3.63, 3.8) is 0 Å². The van der Waals surface area contributed by atoms with Gasteiger partial charge in [0.2, 0.25) is 0 Å². The number of benzene rings is 2. The molecule has 0 bridgehead atoms. The van der Waals surface area contributed by atoms with Gasteiger partial charge in [-0.25, -0.2) is 0 Å². The minimum absolute atomic E-state index is 0.297. The number of aryl methyl sites for hydroxylation is 1. The van der Waals surface area contributed by atoms with Gasteiger partial charge in [0, 0.05) is 44.3 Å². The lowest BCUT2D eigenvalue weighted by Crippen LogP contribution is -2.48. The quantitative estimate of drug-likeness (QED) is 0.807. The summed E-state index contributed by atoms with van der Waals surface area (Å²) in [6, 6.07) is 16.1. The maximum absolute atomic E-state index is 10.3. The van der Waals surface area contributed by atoms with Crippen LogP contribution in [-0.4, -0.2) is 60.3 Å². The van der Waals surface area contributed by atoms with Crippen molar-refractivity contribution in [3.8, 4) is 5.75 Å². The summed E-state index contributed by atoms with van der Waals surface area (Å²) in [6.45, 7) is 7.89. The molecule has 1 aliphatic rings. The number of hydrogen-bond donors (Lipinski definition) is 1. The van der Waals surface area contributed by atoms with Crippen molar-refractivity contribution in [1.29, 1.82) is 0 Å². The zero-order chi connectivity index (χ0) is 18.4. The lowest BCUT2D eigenvalue weighted by Gasteiger charge is -2.35. The van der Waals surface area contributed by atoms with Crippen molar-refractivity contribution in [3.05, 3.63) is 64.7 Å². The number of aliphatic hydroxyl groups excluding tert-OH is 1. The van der Waals surface area contributed by atoms with E-state index in [0.29, 0.717) is 13.2 Å². The molecule has 1 unspecified atom stereocenters. The van der Waals surface area contributed by atoms with E-state index in [1.54, 1.807) is 0 Å². The average Bonchev–Trinajstić information content (AvgIpc) is 2.65. The Kier molecular flexibility index (Phi) is 6.92. The van der Waals surface area contributed by atoms with Crippen molar-refractivity contribution in [2.24, 2.45) is 0 Å². The summed E-state index contributed by atoms with van der Waals surface area (Å²) in [5, 5.41) is 11.0. The third-order valence-corrected chi connectivity index (χ3v) is 5.18. The minimum Gasteiger partial charge on any atom is -0.491 e. The highest BCUT2D eigenvalue weighted by Crippen LogP contribution is 2.21. The van der Waals surface area contributed by atoms with Crippen molar-refractivity contribution in [1.82, 2.24) is 9.80 Å². The molecule has 1 saturated heterocycles. The molecule has 0 aliphatic carbocycles. The fourth-order valence-electron chi connectivity index (χ4n) is 3.22. The molecule has 1 aliphatic heterocycles. The second kappa shape index (κ2) is 9.38. The molecule has 1 atom stereocenters. The fourth-order valence-corrected chi connectivity index (χ4v) is 3.34. The van der Waals surface area contributed by atoms with Crippen LogP contribution in [0, 0.1) is 6.92 Å². The van der Waals surface area contributed by atoms with Crippen molar-refractivity contribution in [2.75, 3.05) is 39.3 Å². The van der Waals surface area contributed by atoms with Crippen LogP contribution in [0.25, 0.3) is 0 Å². The van der Waals surface area contributed by atoms with E-state index < -0.39 is 6.10 Å². The van der Waals surface area contributed by atoms with Gasteiger partial charge in [0.25, 0.3) is 0 Å². The third kappa shape index (κ3) is 5.71. The van der Waals surface area contributed by atoms with Crippen molar-refractivity contribution >= 4 is 11.6 Å². The predicted molar refractivity (Wildman–Crippen MR) is 106 cm³/mol. The molecule has 0 radical (unpaired) electrons. The predicted octanol–water partition coefficient (Wildman–Crippen LogP) is 3.21. The Hall–Kier alpha value is -1.59. The van der Waals surface area contributed by atoms with Crippen LogP contribution in [0.4, 0.5) is 0 Å².